The van der Waals surface area contributed by atoms with Crippen LogP contribution in [0.1, 0.15) is 33.6 Å². The molecule has 3 nitrogen and oxygen atoms in total. The number of nitrogens with two attached hydrogens (primary N) is 1. The van der Waals surface area contributed by atoms with Gasteiger partial charge in [-0.15, -0.1) is 23.7 Å². The van der Waals surface area contributed by atoms with Gasteiger partial charge in [-0.2, -0.15) is 0 Å². The van der Waals surface area contributed by atoms with Crippen LogP contribution in [0.5, 0.6) is 0 Å². The van der Waals surface area contributed by atoms with Crippen LogP contribution in [0.15, 0.2) is 41.8 Å². The zero-order chi connectivity index (χ0) is 15.5. The number of hydrogen-bond acceptors (Lipinski definition) is 3. The van der Waals surface area contributed by atoms with Gasteiger partial charge in [0.1, 0.15) is 0 Å². The van der Waals surface area contributed by atoms with Crippen LogP contribution in [0.4, 0.5) is 0 Å². The molecule has 0 saturated carbocycles. The molecule has 5 heteroatoms. The van der Waals surface area contributed by atoms with E-state index in [1.165, 1.54) is 5.56 Å². The molecule has 2 N–H and O–H groups in total. The molecule has 23 heavy (non-hydrogen) atoms. The van der Waals surface area contributed by atoms with Crippen molar-refractivity contribution in [3.05, 3.63) is 57.8 Å². The van der Waals surface area contributed by atoms with E-state index in [1.54, 1.807) is 11.3 Å². The molecule has 1 aromatic carbocycles. The van der Waals surface area contributed by atoms with Crippen LogP contribution in [0.3, 0.4) is 0 Å². The van der Waals surface area contributed by atoms with Gasteiger partial charge in [0.25, 0.3) is 5.91 Å². The molecule has 3 rings (SSSR count). The fraction of sp³-hybridized carbons (Fsp3) is 0.389. The standard InChI is InChI=1S/C18H22N2OS.ClH/c1-2-13-8-9-22-17(13)18(21)20-11-15(10-19)16(12-20)14-6-4-3-5-7-14;/h3-9,15-16H,2,10-12,19H2,1H3;1H/t15-,16+;/m1./s1. The molecule has 2 aromatic rings. The Kier molecular flexibility index (Phi) is 6.22. The smallest absolute Gasteiger partial charge is 0.264 e. The second-order valence-corrected chi connectivity index (χ2v) is 6.77. The van der Waals surface area contributed by atoms with E-state index in [9.17, 15) is 4.79 Å². The summed E-state index contributed by atoms with van der Waals surface area (Å²) in [7, 11) is 0. The Morgan fingerprint density at radius 2 is 2.00 bits per heavy atom. The Balaban J connectivity index is 0.00000192. The molecular formula is C18H23ClN2OS. The average molecular weight is 351 g/mol. The van der Waals surface area contributed by atoms with Gasteiger partial charge in [0.2, 0.25) is 0 Å². The van der Waals surface area contributed by atoms with E-state index in [4.69, 9.17) is 5.73 Å². The molecule has 0 aliphatic carbocycles. The molecule has 1 fully saturated rings. The lowest BCUT2D eigenvalue weighted by molar-refractivity contribution is 0.0790. The van der Waals surface area contributed by atoms with Gasteiger partial charge >= 0.3 is 0 Å². The van der Waals surface area contributed by atoms with Gasteiger partial charge in [-0.05, 0) is 41.5 Å². The lowest BCUT2D eigenvalue weighted by atomic mass is 9.89. The van der Waals surface area contributed by atoms with Crippen LogP contribution in [0.25, 0.3) is 0 Å². The van der Waals surface area contributed by atoms with Crippen molar-refractivity contribution in [2.45, 2.75) is 19.3 Å². The fourth-order valence-corrected chi connectivity index (χ4v) is 4.26. The topological polar surface area (TPSA) is 46.3 Å². The van der Waals surface area contributed by atoms with E-state index in [-0.39, 0.29) is 18.3 Å². The summed E-state index contributed by atoms with van der Waals surface area (Å²) in [6.07, 6.45) is 0.904. The first-order chi connectivity index (χ1) is 10.7. The minimum atomic E-state index is 0. The quantitative estimate of drug-likeness (QED) is 0.916. The summed E-state index contributed by atoms with van der Waals surface area (Å²) in [5, 5.41) is 2.01. The van der Waals surface area contributed by atoms with Crippen LogP contribution >= 0.6 is 23.7 Å². The van der Waals surface area contributed by atoms with Gasteiger partial charge in [0.05, 0.1) is 4.88 Å². The minimum Gasteiger partial charge on any atom is -0.337 e. The van der Waals surface area contributed by atoms with Crippen molar-refractivity contribution in [1.82, 2.24) is 4.90 Å². The summed E-state index contributed by atoms with van der Waals surface area (Å²) in [5.41, 5.74) is 8.41. The highest BCUT2D eigenvalue weighted by molar-refractivity contribution is 7.12. The van der Waals surface area contributed by atoms with Crippen molar-refractivity contribution in [3.8, 4) is 0 Å². The summed E-state index contributed by atoms with van der Waals surface area (Å²) < 4.78 is 0. The van der Waals surface area contributed by atoms with Crippen molar-refractivity contribution in [2.75, 3.05) is 19.6 Å². The SMILES string of the molecule is CCc1ccsc1C(=O)N1C[C@@H](CN)[C@H](c2ccccc2)C1.Cl. The largest absolute Gasteiger partial charge is 0.337 e. The number of amides is 1. The Bertz CT molecular complexity index is 643. The van der Waals surface area contributed by atoms with Crippen LogP contribution < -0.4 is 5.73 Å². The highest BCUT2D eigenvalue weighted by Crippen LogP contribution is 2.33. The number of carbonyl (C=O) groups is 1. The molecule has 0 spiro atoms. The third-order valence-corrected chi connectivity index (χ3v) is 5.53. The van der Waals surface area contributed by atoms with Gasteiger partial charge < -0.3 is 10.6 Å². The maximum Gasteiger partial charge on any atom is 0.264 e. The van der Waals surface area contributed by atoms with Crippen molar-refractivity contribution in [2.24, 2.45) is 11.7 Å². The number of carbonyl (C=O) groups excluding carboxylic acids is 1. The molecule has 0 radical (unpaired) electrons. The highest BCUT2D eigenvalue weighted by Gasteiger charge is 2.36. The minimum absolute atomic E-state index is 0. The monoisotopic (exact) mass is 350 g/mol. The van der Waals surface area contributed by atoms with Crippen molar-refractivity contribution < 1.29 is 4.79 Å². The third kappa shape index (κ3) is 3.60. The van der Waals surface area contributed by atoms with Gasteiger partial charge in [-0.3, -0.25) is 4.79 Å². The number of benzene rings is 1. The van der Waals surface area contributed by atoms with Crippen molar-refractivity contribution in [3.63, 3.8) is 0 Å². The number of rotatable bonds is 4. The molecule has 1 amide bonds. The van der Waals surface area contributed by atoms with Crippen LogP contribution in [-0.4, -0.2) is 30.4 Å². The number of halogens is 1. The maximum absolute atomic E-state index is 12.8. The predicted octanol–water partition coefficient (Wildman–Crippen LogP) is 3.55. The van der Waals surface area contributed by atoms with Crippen molar-refractivity contribution in [1.29, 1.82) is 0 Å². The second-order valence-electron chi connectivity index (χ2n) is 5.85. The maximum atomic E-state index is 12.8. The Labute approximate surface area is 147 Å². The molecule has 2 heterocycles. The average Bonchev–Trinajstić information content (AvgIpc) is 3.21. The first-order valence-corrected chi connectivity index (χ1v) is 8.73. The summed E-state index contributed by atoms with van der Waals surface area (Å²) in [6.45, 7) is 4.24. The lowest BCUT2D eigenvalue weighted by Gasteiger charge is -2.17. The van der Waals surface area contributed by atoms with Crippen LogP contribution in [0, 0.1) is 5.92 Å². The zero-order valence-corrected chi connectivity index (χ0v) is 14.9. The number of hydrogen-bond donors (Lipinski definition) is 1. The van der Waals surface area contributed by atoms with E-state index >= 15 is 0 Å². The summed E-state index contributed by atoms with van der Waals surface area (Å²) in [6, 6.07) is 12.5. The van der Waals surface area contributed by atoms with Crippen LogP contribution in [0.2, 0.25) is 0 Å². The Morgan fingerprint density at radius 1 is 1.26 bits per heavy atom. The van der Waals surface area contributed by atoms with E-state index in [0.29, 0.717) is 18.4 Å². The van der Waals surface area contributed by atoms with Gasteiger partial charge in [0.15, 0.2) is 0 Å². The summed E-state index contributed by atoms with van der Waals surface area (Å²) in [5.74, 6) is 0.861. The molecule has 0 unspecified atom stereocenters. The van der Waals surface area contributed by atoms with Gasteiger partial charge in [-0.1, -0.05) is 37.3 Å². The molecule has 1 aliphatic heterocycles. The molecule has 124 valence electrons. The second kappa shape index (κ2) is 7.95. The van der Waals surface area contributed by atoms with Gasteiger partial charge in [0, 0.05) is 19.0 Å². The highest BCUT2D eigenvalue weighted by atomic mass is 35.5. The lowest BCUT2D eigenvalue weighted by Crippen LogP contribution is -2.29. The molecule has 1 saturated heterocycles. The number of nitrogens with zero attached hydrogens (tertiary/aromatic N) is 1. The summed E-state index contributed by atoms with van der Waals surface area (Å²) in [4.78, 5) is 15.7. The summed E-state index contributed by atoms with van der Waals surface area (Å²) >= 11 is 1.55. The molecule has 1 aromatic heterocycles. The number of aryl methyl sites for hydroxylation is 1. The molecule has 0 bridgehead atoms. The number of likely N-dealkylation sites (tertiary alicyclic amines) is 1. The first-order valence-electron chi connectivity index (χ1n) is 7.85. The van der Waals surface area contributed by atoms with Crippen molar-refractivity contribution >= 4 is 29.7 Å². The molecule has 1 aliphatic rings. The van der Waals surface area contributed by atoms with E-state index in [2.05, 4.69) is 37.3 Å². The van der Waals surface area contributed by atoms with Gasteiger partial charge in [-0.25, -0.2) is 0 Å². The Hall–Kier alpha value is -1.36. The third-order valence-electron chi connectivity index (χ3n) is 4.58. The normalized spacial score (nSPS) is 20.3. The predicted molar refractivity (Wildman–Crippen MR) is 98.6 cm³/mol. The van der Waals surface area contributed by atoms with E-state index < -0.39 is 0 Å². The fourth-order valence-electron chi connectivity index (χ4n) is 3.30. The zero-order valence-electron chi connectivity index (χ0n) is 13.3. The van der Waals surface area contributed by atoms with Crippen LogP contribution in [-0.2, 0) is 6.42 Å². The first kappa shape index (κ1) is 18.0. The number of thiophene rings is 1. The molecular weight excluding hydrogens is 328 g/mol. The van der Waals surface area contributed by atoms with E-state index in [0.717, 1.165) is 30.0 Å². The van der Waals surface area contributed by atoms with E-state index in [1.807, 2.05) is 16.3 Å². The Morgan fingerprint density at radius 3 is 2.65 bits per heavy atom. The molecule has 2 atom stereocenters.